The first-order valence-electron chi connectivity index (χ1n) is 8.24. The highest BCUT2D eigenvalue weighted by Crippen LogP contribution is 2.16. The van der Waals surface area contributed by atoms with E-state index in [0.29, 0.717) is 42.6 Å². The predicted octanol–water partition coefficient (Wildman–Crippen LogP) is 1.88. The first-order valence-corrected chi connectivity index (χ1v) is 9.06. The van der Waals surface area contributed by atoms with E-state index >= 15 is 0 Å². The largest absolute Gasteiger partial charge is 0.497 e. The lowest BCUT2D eigenvalue weighted by atomic mass is 10.2. The van der Waals surface area contributed by atoms with E-state index in [-0.39, 0.29) is 18.2 Å². The number of aromatic nitrogens is 2. The number of benzene rings is 1. The van der Waals surface area contributed by atoms with Gasteiger partial charge in [-0.1, -0.05) is 17.4 Å². The Labute approximate surface area is 155 Å². The van der Waals surface area contributed by atoms with E-state index < -0.39 is 0 Å². The molecule has 1 aromatic carbocycles. The van der Waals surface area contributed by atoms with Crippen molar-refractivity contribution in [3.8, 4) is 5.75 Å². The van der Waals surface area contributed by atoms with Crippen molar-refractivity contribution in [2.45, 2.75) is 19.8 Å². The molecule has 0 spiro atoms. The molecule has 140 valence electrons. The minimum atomic E-state index is -0.183. The number of hydrogen-bond acceptors (Lipinski definition) is 7. The van der Waals surface area contributed by atoms with E-state index in [1.807, 2.05) is 6.92 Å². The van der Waals surface area contributed by atoms with Crippen molar-refractivity contribution in [3.63, 3.8) is 0 Å². The quantitative estimate of drug-likeness (QED) is 0.612. The van der Waals surface area contributed by atoms with E-state index in [2.05, 4.69) is 20.8 Å². The molecule has 0 fully saturated rings. The van der Waals surface area contributed by atoms with Gasteiger partial charge in [-0.05, 0) is 25.1 Å². The van der Waals surface area contributed by atoms with Gasteiger partial charge in [0.1, 0.15) is 10.8 Å². The topological polar surface area (TPSA) is 102 Å². The normalized spacial score (nSPS) is 10.4. The lowest BCUT2D eigenvalue weighted by molar-refractivity contribution is -0.117. The summed E-state index contributed by atoms with van der Waals surface area (Å²) >= 11 is 1.29. The molecular formula is C17H22N4O4S. The highest BCUT2D eigenvalue weighted by Gasteiger charge is 2.10. The Morgan fingerprint density at radius 2 is 2.12 bits per heavy atom. The van der Waals surface area contributed by atoms with Crippen molar-refractivity contribution < 1.29 is 19.1 Å². The van der Waals surface area contributed by atoms with Crippen molar-refractivity contribution in [3.05, 3.63) is 34.8 Å². The fourth-order valence-electron chi connectivity index (χ4n) is 2.05. The number of carbonyl (C=O) groups excluding carboxylic acids is 2. The minimum Gasteiger partial charge on any atom is -0.497 e. The molecular weight excluding hydrogens is 356 g/mol. The van der Waals surface area contributed by atoms with Gasteiger partial charge in [-0.15, -0.1) is 10.2 Å². The van der Waals surface area contributed by atoms with Crippen LogP contribution in [0.25, 0.3) is 0 Å². The van der Waals surface area contributed by atoms with E-state index in [4.69, 9.17) is 9.47 Å². The van der Waals surface area contributed by atoms with E-state index in [1.165, 1.54) is 11.3 Å². The maximum absolute atomic E-state index is 12.1. The zero-order valence-electron chi connectivity index (χ0n) is 14.8. The lowest BCUT2D eigenvalue weighted by Crippen LogP contribution is -2.25. The van der Waals surface area contributed by atoms with E-state index in [1.54, 1.807) is 31.4 Å². The molecule has 0 bridgehead atoms. The number of methoxy groups -OCH3 is 1. The average molecular weight is 378 g/mol. The molecule has 1 aromatic heterocycles. The fraction of sp³-hybridized carbons (Fsp3) is 0.412. The SMILES string of the molecule is CCOCCC(=O)Nc1nnc(CCNC(=O)c2cccc(OC)c2)s1. The van der Waals surface area contributed by atoms with Gasteiger partial charge in [-0.3, -0.25) is 9.59 Å². The van der Waals surface area contributed by atoms with E-state index in [0.717, 1.165) is 5.01 Å². The second kappa shape index (κ2) is 10.5. The Hall–Kier alpha value is -2.52. The van der Waals surface area contributed by atoms with Crippen LogP contribution in [-0.4, -0.2) is 48.9 Å². The molecule has 2 aromatic rings. The van der Waals surface area contributed by atoms with Gasteiger partial charge >= 0.3 is 0 Å². The Morgan fingerprint density at radius 3 is 2.88 bits per heavy atom. The van der Waals surface area contributed by atoms with Crippen LogP contribution in [0, 0.1) is 0 Å². The van der Waals surface area contributed by atoms with Gasteiger partial charge in [0.15, 0.2) is 0 Å². The molecule has 0 saturated carbocycles. The third kappa shape index (κ3) is 6.41. The van der Waals surface area contributed by atoms with Gasteiger partial charge in [0.2, 0.25) is 11.0 Å². The number of nitrogens with one attached hydrogen (secondary N) is 2. The summed E-state index contributed by atoms with van der Waals surface area (Å²) in [5.74, 6) is 0.289. The van der Waals surface area contributed by atoms with Crippen molar-refractivity contribution >= 4 is 28.3 Å². The maximum atomic E-state index is 12.1. The van der Waals surface area contributed by atoms with Crippen LogP contribution in [0.2, 0.25) is 0 Å². The predicted molar refractivity (Wildman–Crippen MR) is 98.7 cm³/mol. The summed E-state index contributed by atoms with van der Waals surface area (Å²) in [5.41, 5.74) is 0.531. The third-order valence-corrected chi connectivity index (χ3v) is 4.25. The molecule has 0 aliphatic carbocycles. The Balaban J connectivity index is 1.75. The van der Waals surface area contributed by atoms with Crippen LogP contribution in [-0.2, 0) is 16.0 Å². The first kappa shape index (κ1) is 19.8. The summed E-state index contributed by atoms with van der Waals surface area (Å²) in [6.07, 6.45) is 0.807. The highest BCUT2D eigenvalue weighted by atomic mass is 32.1. The van der Waals surface area contributed by atoms with Crippen molar-refractivity contribution in [2.75, 3.05) is 32.2 Å². The molecule has 0 aliphatic heterocycles. The summed E-state index contributed by atoms with van der Waals surface area (Å²) in [6.45, 7) is 3.26. The Morgan fingerprint density at radius 1 is 1.27 bits per heavy atom. The van der Waals surface area contributed by atoms with Crippen LogP contribution in [0.15, 0.2) is 24.3 Å². The van der Waals surface area contributed by atoms with Crippen LogP contribution in [0.5, 0.6) is 5.75 Å². The van der Waals surface area contributed by atoms with Gasteiger partial charge in [0.25, 0.3) is 5.91 Å². The van der Waals surface area contributed by atoms with Crippen molar-refractivity contribution in [1.82, 2.24) is 15.5 Å². The second-order valence-electron chi connectivity index (χ2n) is 5.23. The molecule has 1 heterocycles. The standard InChI is InChI=1S/C17H22N4O4S/c1-3-25-10-8-14(22)19-17-21-20-15(26-17)7-9-18-16(23)12-5-4-6-13(11-12)24-2/h4-6,11H,3,7-10H2,1-2H3,(H,18,23)(H,19,21,22). The van der Waals surface area contributed by atoms with Gasteiger partial charge in [0, 0.05) is 25.1 Å². The van der Waals surface area contributed by atoms with E-state index in [9.17, 15) is 9.59 Å². The molecule has 2 N–H and O–H groups in total. The van der Waals surface area contributed by atoms with Crippen LogP contribution in [0.1, 0.15) is 28.7 Å². The van der Waals surface area contributed by atoms with Crippen molar-refractivity contribution in [2.24, 2.45) is 0 Å². The summed E-state index contributed by atoms with van der Waals surface area (Å²) in [4.78, 5) is 23.8. The molecule has 8 nitrogen and oxygen atoms in total. The molecule has 0 aliphatic rings. The zero-order chi connectivity index (χ0) is 18.8. The van der Waals surface area contributed by atoms with Gasteiger partial charge in [-0.25, -0.2) is 0 Å². The van der Waals surface area contributed by atoms with Crippen LogP contribution < -0.4 is 15.4 Å². The maximum Gasteiger partial charge on any atom is 0.251 e. The van der Waals surface area contributed by atoms with Gasteiger partial charge < -0.3 is 20.1 Å². The highest BCUT2D eigenvalue weighted by molar-refractivity contribution is 7.15. The summed E-state index contributed by atoms with van der Waals surface area (Å²) in [5, 5.41) is 14.6. The molecule has 0 saturated heterocycles. The van der Waals surface area contributed by atoms with Gasteiger partial charge in [0.05, 0.1) is 20.1 Å². The molecule has 2 rings (SSSR count). The van der Waals surface area contributed by atoms with Crippen molar-refractivity contribution in [1.29, 1.82) is 0 Å². The fourth-order valence-corrected chi connectivity index (χ4v) is 2.80. The number of amides is 2. The average Bonchev–Trinajstić information content (AvgIpc) is 3.09. The van der Waals surface area contributed by atoms with Crippen LogP contribution >= 0.6 is 11.3 Å². The number of anilines is 1. The second-order valence-corrected chi connectivity index (χ2v) is 6.30. The molecule has 9 heteroatoms. The Kier molecular flexibility index (Phi) is 7.97. The molecule has 26 heavy (non-hydrogen) atoms. The minimum absolute atomic E-state index is 0.160. The summed E-state index contributed by atoms with van der Waals surface area (Å²) < 4.78 is 10.2. The summed E-state index contributed by atoms with van der Waals surface area (Å²) in [7, 11) is 1.56. The molecule has 0 atom stereocenters. The van der Waals surface area contributed by atoms with Gasteiger partial charge in [-0.2, -0.15) is 0 Å². The van der Waals surface area contributed by atoms with Crippen LogP contribution in [0.3, 0.4) is 0 Å². The Bertz CT molecular complexity index is 735. The smallest absolute Gasteiger partial charge is 0.251 e. The third-order valence-electron chi connectivity index (χ3n) is 3.35. The number of nitrogens with zero attached hydrogens (tertiary/aromatic N) is 2. The number of hydrogen-bond donors (Lipinski definition) is 2. The monoisotopic (exact) mass is 378 g/mol. The zero-order valence-corrected chi connectivity index (χ0v) is 15.6. The van der Waals surface area contributed by atoms with Crippen LogP contribution in [0.4, 0.5) is 5.13 Å². The number of carbonyl (C=O) groups is 2. The molecule has 2 amide bonds. The lowest BCUT2D eigenvalue weighted by Gasteiger charge is -2.05. The first-order chi connectivity index (χ1) is 12.6. The number of ether oxygens (including phenoxy) is 2. The number of rotatable bonds is 10. The molecule has 0 unspecified atom stereocenters. The summed E-state index contributed by atoms with van der Waals surface area (Å²) in [6, 6.07) is 6.94. The molecule has 0 radical (unpaired) electrons.